The summed E-state index contributed by atoms with van der Waals surface area (Å²) in [6.45, 7) is 0. The molecule has 0 aliphatic heterocycles. The summed E-state index contributed by atoms with van der Waals surface area (Å²) in [5.41, 5.74) is 0. The van der Waals surface area contributed by atoms with Crippen molar-refractivity contribution in [2.45, 2.75) is 17.5 Å². The van der Waals surface area contributed by atoms with Crippen LogP contribution in [0.3, 0.4) is 0 Å². The molecule has 1 aromatic carbocycles. The molecule has 0 aliphatic carbocycles. The van der Waals surface area contributed by atoms with Crippen LogP contribution < -0.4 is 0 Å². The van der Waals surface area contributed by atoms with Crippen molar-refractivity contribution in [3.8, 4) is 0 Å². The SMILES string of the molecule is O=C(CC(=O)C(F)(F)F)Sc1ccccc1. The number of hydrogen-bond donors (Lipinski definition) is 0. The fourth-order valence-corrected chi connectivity index (χ4v) is 1.65. The average Bonchev–Trinajstić information content (AvgIpc) is 2.17. The van der Waals surface area contributed by atoms with Crippen LogP contribution in [0.15, 0.2) is 35.2 Å². The minimum absolute atomic E-state index is 0.516. The number of Topliss-reactive ketones (excluding diaryl/α,β-unsaturated/α-hetero) is 1. The molecule has 0 heterocycles. The largest absolute Gasteiger partial charge is 0.450 e. The van der Waals surface area contributed by atoms with Gasteiger partial charge in [0.15, 0.2) is 0 Å². The normalized spacial score (nSPS) is 11.2. The first-order chi connectivity index (χ1) is 7.39. The zero-order valence-corrected chi connectivity index (χ0v) is 8.77. The summed E-state index contributed by atoms with van der Waals surface area (Å²) in [5.74, 6) is -2.01. The quantitative estimate of drug-likeness (QED) is 0.609. The third kappa shape index (κ3) is 4.06. The van der Waals surface area contributed by atoms with Gasteiger partial charge in [-0.1, -0.05) is 30.0 Å². The molecule has 0 fully saturated rings. The fourth-order valence-electron chi connectivity index (χ4n) is 0.887. The molecular weight excluding hydrogens is 241 g/mol. The molecule has 0 bridgehead atoms. The van der Waals surface area contributed by atoms with Gasteiger partial charge >= 0.3 is 6.18 Å². The molecule has 0 amide bonds. The highest BCUT2D eigenvalue weighted by Gasteiger charge is 2.39. The van der Waals surface area contributed by atoms with Crippen molar-refractivity contribution < 1.29 is 22.8 Å². The Labute approximate surface area is 93.8 Å². The lowest BCUT2D eigenvalue weighted by Gasteiger charge is -2.03. The lowest BCUT2D eigenvalue weighted by molar-refractivity contribution is -0.171. The van der Waals surface area contributed by atoms with Crippen LogP contribution in [0.4, 0.5) is 13.2 Å². The first-order valence-electron chi connectivity index (χ1n) is 4.25. The van der Waals surface area contributed by atoms with Gasteiger partial charge in [-0.15, -0.1) is 0 Å². The van der Waals surface area contributed by atoms with Gasteiger partial charge in [0.2, 0.25) is 10.9 Å². The van der Waals surface area contributed by atoms with E-state index in [1.54, 1.807) is 30.3 Å². The monoisotopic (exact) mass is 248 g/mol. The Kier molecular flexibility index (Phi) is 4.12. The maximum atomic E-state index is 11.8. The molecule has 0 atom stereocenters. The van der Waals surface area contributed by atoms with E-state index in [1.165, 1.54) is 0 Å². The molecule has 0 aromatic heterocycles. The maximum absolute atomic E-state index is 11.8. The van der Waals surface area contributed by atoms with Crippen molar-refractivity contribution in [3.63, 3.8) is 0 Å². The molecular formula is C10H7F3O2S. The Morgan fingerprint density at radius 2 is 1.69 bits per heavy atom. The van der Waals surface area contributed by atoms with Gasteiger partial charge in [-0.2, -0.15) is 13.2 Å². The molecule has 16 heavy (non-hydrogen) atoms. The highest BCUT2D eigenvalue weighted by atomic mass is 32.2. The first kappa shape index (κ1) is 12.8. The van der Waals surface area contributed by atoms with Crippen LogP contribution in [-0.4, -0.2) is 17.1 Å². The standard InChI is InChI=1S/C10H7F3O2S/c11-10(12,13)8(14)6-9(15)16-7-4-2-1-3-5-7/h1-5H,6H2. The number of carbonyl (C=O) groups is 2. The second kappa shape index (κ2) is 5.16. The number of rotatable bonds is 3. The molecule has 0 saturated carbocycles. The van der Waals surface area contributed by atoms with E-state index < -0.39 is 23.5 Å². The number of halogens is 3. The maximum Gasteiger partial charge on any atom is 0.450 e. The van der Waals surface area contributed by atoms with E-state index in [2.05, 4.69) is 0 Å². The number of ketones is 1. The minimum atomic E-state index is -4.94. The molecule has 0 saturated heterocycles. The summed E-state index contributed by atoms with van der Waals surface area (Å²) < 4.78 is 35.5. The Morgan fingerprint density at radius 3 is 2.19 bits per heavy atom. The number of hydrogen-bond acceptors (Lipinski definition) is 3. The predicted molar refractivity (Wildman–Crippen MR) is 53.0 cm³/mol. The van der Waals surface area contributed by atoms with Crippen LogP contribution in [0.1, 0.15) is 6.42 Å². The first-order valence-corrected chi connectivity index (χ1v) is 5.07. The average molecular weight is 248 g/mol. The summed E-state index contributed by atoms with van der Waals surface area (Å²) >= 11 is 0.628. The highest BCUT2D eigenvalue weighted by molar-refractivity contribution is 8.13. The van der Waals surface area contributed by atoms with E-state index in [4.69, 9.17) is 0 Å². The van der Waals surface area contributed by atoms with E-state index in [1.807, 2.05) is 0 Å². The topological polar surface area (TPSA) is 34.1 Å². The van der Waals surface area contributed by atoms with E-state index >= 15 is 0 Å². The minimum Gasteiger partial charge on any atom is -0.289 e. The smallest absolute Gasteiger partial charge is 0.289 e. The van der Waals surface area contributed by atoms with E-state index in [0.29, 0.717) is 16.7 Å². The summed E-state index contributed by atoms with van der Waals surface area (Å²) in [4.78, 5) is 22.1. The molecule has 0 radical (unpaired) electrons. The van der Waals surface area contributed by atoms with Gasteiger partial charge in [0.1, 0.15) is 0 Å². The van der Waals surface area contributed by atoms with Crippen LogP contribution >= 0.6 is 11.8 Å². The van der Waals surface area contributed by atoms with Crippen molar-refractivity contribution in [2.75, 3.05) is 0 Å². The van der Waals surface area contributed by atoms with Crippen LogP contribution in [0.25, 0.3) is 0 Å². The third-order valence-electron chi connectivity index (χ3n) is 1.60. The highest BCUT2D eigenvalue weighted by Crippen LogP contribution is 2.23. The van der Waals surface area contributed by atoms with Gasteiger partial charge in [-0.25, -0.2) is 0 Å². The Hall–Kier alpha value is -1.30. The Bertz CT molecular complexity index is 387. The molecule has 0 unspecified atom stereocenters. The van der Waals surface area contributed by atoms with Crippen LogP contribution in [0, 0.1) is 0 Å². The van der Waals surface area contributed by atoms with Crippen molar-refractivity contribution in [1.29, 1.82) is 0 Å². The molecule has 2 nitrogen and oxygen atoms in total. The zero-order valence-electron chi connectivity index (χ0n) is 7.95. The second-order valence-corrected chi connectivity index (χ2v) is 4.02. The molecule has 86 valence electrons. The number of benzene rings is 1. The van der Waals surface area contributed by atoms with Crippen LogP contribution in [0.2, 0.25) is 0 Å². The van der Waals surface area contributed by atoms with Gasteiger partial charge in [0, 0.05) is 4.90 Å². The Balaban J connectivity index is 2.52. The molecule has 0 aliphatic rings. The third-order valence-corrected chi connectivity index (χ3v) is 2.48. The Morgan fingerprint density at radius 1 is 1.12 bits per heavy atom. The summed E-state index contributed by atoms with van der Waals surface area (Å²) in [6, 6.07) is 8.19. The number of thioether (sulfide) groups is 1. The van der Waals surface area contributed by atoms with Gasteiger partial charge in [0.25, 0.3) is 0 Å². The van der Waals surface area contributed by atoms with Crippen LogP contribution in [0.5, 0.6) is 0 Å². The van der Waals surface area contributed by atoms with Crippen LogP contribution in [-0.2, 0) is 9.59 Å². The molecule has 0 spiro atoms. The zero-order chi connectivity index (χ0) is 12.2. The van der Waals surface area contributed by atoms with Crippen molar-refractivity contribution in [3.05, 3.63) is 30.3 Å². The van der Waals surface area contributed by atoms with Crippen molar-refractivity contribution in [2.24, 2.45) is 0 Å². The molecule has 1 rings (SSSR count). The van der Waals surface area contributed by atoms with Crippen molar-refractivity contribution >= 4 is 22.7 Å². The summed E-state index contributed by atoms with van der Waals surface area (Å²) in [5, 5.41) is -0.812. The van der Waals surface area contributed by atoms with E-state index in [9.17, 15) is 22.8 Å². The summed E-state index contributed by atoms with van der Waals surface area (Å²) in [6.07, 6.45) is -6.06. The fraction of sp³-hybridized carbons (Fsp3) is 0.200. The lowest BCUT2D eigenvalue weighted by Crippen LogP contribution is -2.24. The predicted octanol–water partition coefficient (Wildman–Crippen LogP) is 2.83. The molecule has 1 aromatic rings. The molecule has 6 heteroatoms. The number of carbonyl (C=O) groups excluding carboxylic acids is 2. The second-order valence-electron chi connectivity index (χ2n) is 2.88. The van der Waals surface area contributed by atoms with Gasteiger partial charge in [-0.05, 0) is 12.1 Å². The van der Waals surface area contributed by atoms with Gasteiger partial charge in [-0.3, -0.25) is 9.59 Å². The number of alkyl halides is 3. The van der Waals surface area contributed by atoms with Gasteiger partial charge in [0.05, 0.1) is 6.42 Å². The van der Waals surface area contributed by atoms with Gasteiger partial charge < -0.3 is 0 Å². The van der Waals surface area contributed by atoms with Crippen molar-refractivity contribution in [1.82, 2.24) is 0 Å². The lowest BCUT2D eigenvalue weighted by atomic mass is 10.3. The van der Waals surface area contributed by atoms with E-state index in [0.717, 1.165) is 0 Å². The van der Waals surface area contributed by atoms with E-state index in [-0.39, 0.29) is 0 Å². The molecule has 0 N–H and O–H groups in total. The summed E-state index contributed by atoms with van der Waals surface area (Å²) in [7, 11) is 0.